The van der Waals surface area contributed by atoms with Crippen LogP contribution in [0.25, 0.3) is 60.9 Å². The van der Waals surface area contributed by atoms with Gasteiger partial charge in [0.2, 0.25) is 0 Å². The predicted octanol–water partition coefficient (Wildman–Crippen LogP) is 12.8. The number of aromatic nitrogens is 1. The van der Waals surface area contributed by atoms with E-state index in [1.165, 1.54) is 83.4 Å². The number of fused-ring (bicyclic) bond motifs is 6. The van der Waals surface area contributed by atoms with Crippen LogP contribution in [0.2, 0.25) is 0 Å². The first-order chi connectivity index (χ1) is 25.2. The number of hydrogen-bond donors (Lipinski definition) is 0. The third-order valence-electron chi connectivity index (χ3n) is 10.8. The van der Waals surface area contributed by atoms with Crippen LogP contribution in [0.4, 0.5) is 11.4 Å². The molecule has 1 aliphatic carbocycles. The summed E-state index contributed by atoms with van der Waals surface area (Å²) in [6, 6.07) is 60.5. The molecule has 2 atom stereocenters. The molecule has 0 radical (unpaired) electrons. The molecule has 10 rings (SSSR count). The summed E-state index contributed by atoms with van der Waals surface area (Å²) >= 11 is 0. The Morgan fingerprint density at radius 1 is 0.431 bits per heavy atom. The van der Waals surface area contributed by atoms with Crippen molar-refractivity contribution >= 4 is 33.2 Å². The van der Waals surface area contributed by atoms with Crippen LogP contribution in [0.1, 0.15) is 17.0 Å². The van der Waals surface area contributed by atoms with E-state index in [2.05, 4.69) is 204 Å². The smallest absolute Gasteiger partial charge is 0.0629 e. The molecule has 0 amide bonds. The fourth-order valence-corrected chi connectivity index (χ4v) is 8.29. The van der Waals surface area contributed by atoms with Crippen LogP contribution < -0.4 is 4.90 Å². The molecule has 2 nitrogen and oxygen atoms in total. The quantitative estimate of drug-likeness (QED) is 0.180. The Kier molecular flexibility index (Phi) is 6.89. The second-order valence-electron chi connectivity index (χ2n) is 13.8. The van der Waals surface area contributed by atoms with Gasteiger partial charge >= 0.3 is 0 Å². The fourth-order valence-electron chi connectivity index (χ4n) is 8.29. The first-order valence-corrected chi connectivity index (χ1v) is 17.8. The van der Waals surface area contributed by atoms with Crippen molar-refractivity contribution < 1.29 is 0 Å². The van der Waals surface area contributed by atoms with Gasteiger partial charge in [0, 0.05) is 33.8 Å². The van der Waals surface area contributed by atoms with E-state index in [1.54, 1.807) is 0 Å². The molecule has 0 bridgehead atoms. The molecule has 0 saturated carbocycles. The summed E-state index contributed by atoms with van der Waals surface area (Å²) in [5.74, 6) is 0.288. The van der Waals surface area contributed by atoms with Crippen LogP contribution in [0.15, 0.2) is 188 Å². The molecule has 2 heterocycles. The maximum atomic E-state index is 2.53. The van der Waals surface area contributed by atoms with Gasteiger partial charge in [-0.15, -0.1) is 0 Å². The van der Waals surface area contributed by atoms with E-state index in [-0.39, 0.29) is 12.0 Å². The van der Waals surface area contributed by atoms with Crippen molar-refractivity contribution in [3.63, 3.8) is 0 Å². The molecule has 0 saturated heterocycles. The van der Waals surface area contributed by atoms with Gasteiger partial charge in [0.25, 0.3) is 0 Å². The van der Waals surface area contributed by atoms with Crippen molar-refractivity contribution in [1.82, 2.24) is 4.57 Å². The number of allylic oxidation sites excluding steroid dienone is 2. The average Bonchev–Trinajstić information content (AvgIpc) is 3.71. The minimum atomic E-state index is 0.237. The van der Waals surface area contributed by atoms with E-state index in [9.17, 15) is 0 Å². The highest BCUT2D eigenvalue weighted by molar-refractivity contribution is 6.10. The molecule has 0 spiro atoms. The van der Waals surface area contributed by atoms with Gasteiger partial charge in [-0.25, -0.2) is 0 Å². The normalized spacial score (nSPS) is 16.1. The zero-order valence-electron chi connectivity index (χ0n) is 28.4. The summed E-state index contributed by atoms with van der Waals surface area (Å²) in [5.41, 5.74) is 16.2. The van der Waals surface area contributed by atoms with Gasteiger partial charge in [-0.2, -0.15) is 0 Å². The van der Waals surface area contributed by atoms with Crippen molar-refractivity contribution in [3.05, 3.63) is 199 Å². The molecular weight excluding hydrogens is 617 g/mol. The Balaban J connectivity index is 1.07. The van der Waals surface area contributed by atoms with Crippen LogP contribution in [-0.2, 0) is 0 Å². The third kappa shape index (κ3) is 4.94. The van der Waals surface area contributed by atoms with Gasteiger partial charge in [0.15, 0.2) is 0 Å². The Morgan fingerprint density at radius 2 is 1.04 bits per heavy atom. The monoisotopic (exact) mass is 652 g/mol. The SMILES string of the molecule is Cc1ccc(-c2cccc(N3c4ccc(-c5ccc6c(c5)c5ccccc5n6-c5cccc(-c6ccccc6)c5)cc4C4C=CC=CC43)c2)cc1. The summed E-state index contributed by atoms with van der Waals surface area (Å²) in [5, 5.41) is 2.53. The molecule has 0 fully saturated rings. The minimum Gasteiger partial charge on any atom is -0.333 e. The first-order valence-electron chi connectivity index (χ1n) is 17.8. The van der Waals surface area contributed by atoms with Gasteiger partial charge in [0.05, 0.1) is 17.1 Å². The number of aryl methyl sites for hydroxylation is 1. The Labute approximate surface area is 298 Å². The maximum Gasteiger partial charge on any atom is 0.0629 e. The van der Waals surface area contributed by atoms with Gasteiger partial charge in [-0.05, 0) is 100 Å². The summed E-state index contributed by atoms with van der Waals surface area (Å²) in [6.45, 7) is 2.14. The number of anilines is 2. The number of benzene rings is 7. The van der Waals surface area contributed by atoms with Crippen LogP contribution in [-0.4, -0.2) is 10.6 Å². The molecule has 242 valence electrons. The van der Waals surface area contributed by atoms with E-state index < -0.39 is 0 Å². The van der Waals surface area contributed by atoms with Crippen LogP contribution in [0.5, 0.6) is 0 Å². The maximum absolute atomic E-state index is 2.53. The highest BCUT2D eigenvalue weighted by Crippen LogP contribution is 2.49. The Morgan fingerprint density at radius 3 is 1.88 bits per heavy atom. The fraction of sp³-hybridized carbons (Fsp3) is 0.0612. The van der Waals surface area contributed by atoms with Crippen LogP contribution in [0, 0.1) is 6.92 Å². The highest BCUT2D eigenvalue weighted by atomic mass is 15.2. The molecular formula is C49H36N2. The lowest BCUT2D eigenvalue weighted by molar-refractivity contribution is 0.745. The largest absolute Gasteiger partial charge is 0.333 e. The second kappa shape index (κ2) is 11.9. The van der Waals surface area contributed by atoms with Crippen molar-refractivity contribution in [3.8, 4) is 39.1 Å². The Bertz CT molecular complexity index is 2660. The summed E-state index contributed by atoms with van der Waals surface area (Å²) in [6.07, 6.45) is 9.13. The lowest BCUT2D eigenvalue weighted by Crippen LogP contribution is -2.28. The van der Waals surface area contributed by atoms with Crippen molar-refractivity contribution in [2.24, 2.45) is 0 Å². The molecule has 51 heavy (non-hydrogen) atoms. The zero-order chi connectivity index (χ0) is 33.9. The van der Waals surface area contributed by atoms with E-state index in [4.69, 9.17) is 0 Å². The molecule has 2 unspecified atom stereocenters. The lowest BCUT2D eigenvalue weighted by Gasteiger charge is -2.29. The lowest BCUT2D eigenvalue weighted by atomic mass is 9.89. The van der Waals surface area contributed by atoms with Gasteiger partial charge in [0.1, 0.15) is 0 Å². The van der Waals surface area contributed by atoms with Gasteiger partial charge in [-0.3, -0.25) is 0 Å². The van der Waals surface area contributed by atoms with E-state index >= 15 is 0 Å². The zero-order valence-corrected chi connectivity index (χ0v) is 28.4. The molecule has 1 aromatic heterocycles. The third-order valence-corrected chi connectivity index (χ3v) is 10.8. The number of rotatable bonds is 5. The first kappa shape index (κ1) is 29.5. The number of para-hydroxylation sites is 1. The minimum absolute atomic E-state index is 0.237. The van der Waals surface area contributed by atoms with Crippen LogP contribution in [0.3, 0.4) is 0 Å². The van der Waals surface area contributed by atoms with E-state index in [0.29, 0.717) is 0 Å². The molecule has 8 aromatic rings. The second-order valence-corrected chi connectivity index (χ2v) is 13.8. The van der Waals surface area contributed by atoms with E-state index in [0.717, 1.165) is 0 Å². The molecule has 2 heteroatoms. The summed E-state index contributed by atoms with van der Waals surface area (Å²) in [4.78, 5) is 2.53. The van der Waals surface area contributed by atoms with Crippen molar-refractivity contribution in [1.29, 1.82) is 0 Å². The summed E-state index contributed by atoms with van der Waals surface area (Å²) < 4.78 is 2.41. The number of hydrogen-bond acceptors (Lipinski definition) is 1. The summed E-state index contributed by atoms with van der Waals surface area (Å²) in [7, 11) is 0. The molecule has 0 N–H and O–H groups in total. The van der Waals surface area contributed by atoms with Crippen molar-refractivity contribution in [2.45, 2.75) is 18.9 Å². The topological polar surface area (TPSA) is 8.17 Å². The van der Waals surface area contributed by atoms with Gasteiger partial charge in [-0.1, -0.05) is 139 Å². The predicted molar refractivity (Wildman–Crippen MR) is 215 cm³/mol. The Hall–Kier alpha value is -6.38. The average molecular weight is 653 g/mol. The molecule has 7 aromatic carbocycles. The number of nitrogens with zero attached hydrogens (tertiary/aromatic N) is 2. The molecule has 2 aliphatic rings. The standard InChI is InChI=1S/C49H36N2/c1-33-21-23-35(24-22-33)37-14-10-16-41(30-37)51-47-20-8-6-18-43(47)45-32-39(26-28-49(45)51)38-25-27-48-44(31-38)42-17-5-7-19-46(42)50(48)40-15-9-13-36(29-40)34-11-3-2-4-12-34/h2-32,43,47H,1H3. The van der Waals surface area contributed by atoms with Crippen molar-refractivity contribution in [2.75, 3.05) is 4.90 Å². The van der Waals surface area contributed by atoms with E-state index in [1.807, 2.05) is 0 Å². The van der Waals surface area contributed by atoms with Crippen LogP contribution >= 0.6 is 0 Å². The highest BCUT2D eigenvalue weighted by Gasteiger charge is 2.37. The molecule has 1 aliphatic heterocycles. The van der Waals surface area contributed by atoms with Gasteiger partial charge < -0.3 is 9.47 Å².